The average Bonchev–Trinajstić information content (AvgIpc) is 2.70. The average molecular weight is 442 g/mol. The molecule has 2 rings (SSSR count). The monoisotopic (exact) mass is 441 g/mol. The Morgan fingerprint density at radius 3 is 2.68 bits per heavy atom. The molecule has 1 heterocycles. The highest BCUT2D eigenvalue weighted by molar-refractivity contribution is 9.10. The molecule has 0 bridgehead atoms. The van der Waals surface area contributed by atoms with Crippen LogP contribution in [-0.2, 0) is 9.59 Å². The van der Waals surface area contributed by atoms with Crippen LogP contribution in [0.3, 0.4) is 0 Å². The zero-order valence-electron chi connectivity index (χ0n) is 15.4. The number of halogens is 1. The summed E-state index contributed by atoms with van der Waals surface area (Å²) in [6.07, 6.45) is 3.71. The van der Waals surface area contributed by atoms with Crippen molar-refractivity contribution in [2.75, 3.05) is 6.61 Å². The van der Waals surface area contributed by atoms with E-state index in [4.69, 9.17) is 4.74 Å². The minimum absolute atomic E-state index is 0.00552. The highest BCUT2D eigenvalue weighted by Crippen LogP contribution is 2.22. The molecule has 7 heteroatoms. The summed E-state index contributed by atoms with van der Waals surface area (Å²) in [7, 11) is 0. The van der Waals surface area contributed by atoms with E-state index >= 15 is 0 Å². The van der Waals surface area contributed by atoms with Gasteiger partial charge in [-0.25, -0.2) is 4.98 Å². The number of benzene rings is 1. The Kier molecular flexibility index (Phi) is 8.37. The van der Waals surface area contributed by atoms with Gasteiger partial charge in [0.05, 0.1) is 11.7 Å². The lowest BCUT2D eigenvalue weighted by Crippen LogP contribution is -2.29. The van der Waals surface area contributed by atoms with Crippen molar-refractivity contribution in [2.45, 2.75) is 25.8 Å². The van der Waals surface area contributed by atoms with Crippen molar-refractivity contribution in [3.63, 3.8) is 0 Å². The smallest absolute Gasteiger partial charge is 0.262 e. The zero-order chi connectivity index (χ0) is 20.4. The first-order valence-corrected chi connectivity index (χ1v) is 9.58. The van der Waals surface area contributed by atoms with Gasteiger partial charge in [-0.2, -0.15) is 5.26 Å². The van der Waals surface area contributed by atoms with E-state index in [2.05, 4.69) is 26.2 Å². The molecule has 0 aliphatic carbocycles. The normalized spacial score (nSPS) is 12.0. The van der Waals surface area contributed by atoms with Crippen LogP contribution in [0.4, 0.5) is 0 Å². The maximum atomic E-state index is 12.6. The number of carbonyl (C=O) groups is 2. The molecule has 1 aromatic heterocycles. The van der Waals surface area contributed by atoms with Crippen molar-refractivity contribution in [3.05, 3.63) is 63.9 Å². The number of nitrogens with zero attached hydrogens (tertiary/aromatic N) is 2. The molecule has 144 valence electrons. The Morgan fingerprint density at radius 2 is 2.07 bits per heavy atom. The summed E-state index contributed by atoms with van der Waals surface area (Å²) >= 11 is 3.27. The first-order valence-electron chi connectivity index (χ1n) is 8.79. The van der Waals surface area contributed by atoms with Crippen LogP contribution in [0.25, 0.3) is 6.08 Å². The molecular weight excluding hydrogens is 422 g/mol. The minimum Gasteiger partial charge on any atom is -0.486 e. The number of hydrogen-bond donors (Lipinski definition) is 1. The maximum Gasteiger partial charge on any atom is 0.262 e. The van der Waals surface area contributed by atoms with Crippen LogP contribution in [0.5, 0.6) is 5.75 Å². The van der Waals surface area contributed by atoms with Crippen LogP contribution in [-0.4, -0.2) is 23.8 Å². The van der Waals surface area contributed by atoms with Crippen molar-refractivity contribution < 1.29 is 14.3 Å². The summed E-state index contributed by atoms with van der Waals surface area (Å²) < 4.78 is 5.87. The van der Waals surface area contributed by atoms with Crippen LogP contribution in [0.2, 0.25) is 0 Å². The number of ether oxygens (including phenoxy) is 1. The van der Waals surface area contributed by atoms with E-state index < -0.39 is 5.91 Å². The first kappa shape index (κ1) is 21.3. The molecule has 28 heavy (non-hydrogen) atoms. The molecule has 1 aromatic carbocycles. The lowest BCUT2D eigenvalue weighted by atomic mass is 10.0. The molecule has 6 nitrogen and oxygen atoms in total. The fourth-order valence-electron chi connectivity index (χ4n) is 2.57. The third-order valence-electron chi connectivity index (χ3n) is 3.88. The Hall–Kier alpha value is -2.98. The van der Waals surface area contributed by atoms with E-state index in [1.54, 1.807) is 30.3 Å². The highest BCUT2D eigenvalue weighted by atomic mass is 79.9. The quantitative estimate of drug-likeness (QED) is 0.275. The van der Waals surface area contributed by atoms with Crippen LogP contribution in [0.15, 0.2) is 52.6 Å². The third kappa shape index (κ3) is 6.32. The molecular formula is C21H20BrN3O3. The predicted molar refractivity (Wildman–Crippen MR) is 109 cm³/mol. The third-order valence-corrected chi connectivity index (χ3v) is 4.32. The van der Waals surface area contributed by atoms with Gasteiger partial charge in [0, 0.05) is 0 Å². The standard InChI is InChI=1S/C21H20BrN3O3/c1-2-4-19(15-7-9-18(10-8-15)28-12-11-26)25-21(27)16(14-23)13-17-5-3-6-20(22)24-17/h3,5-11,13,19H,2,4,12H2,1H3,(H,25,27)/b16-13+. The lowest BCUT2D eigenvalue weighted by Gasteiger charge is -2.19. The molecule has 1 unspecified atom stereocenters. The lowest BCUT2D eigenvalue weighted by molar-refractivity contribution is -0.117. The summed E-state index contributed by atoms with van der Waals surface area (Å²) in [5.74, 6) is 0.125. The summed E-state index contributed by atoms with van der Waals surface area (Å²) in [6.45, 7) is 2.02. The number of carbonyl (C=O) groups excluding carboxylic acids is 2. The van der Waals surface area contributed by atoms with E-state index in [0.29, 0.717) is 28.8 Å². The van der Waals surface area contributed by atoms with Gasteiger partial charge in [-0.1, -0.05) is 31.5 Å². The Bertz CT molecular complexity index is 889. The van der Waals surface area contributed by atoms with Crippen molar-refractivity contribution in [1.29, 1.82) is 5.26 Å². The summed E-state index contributed by atoms with van der Waals surface area (Å²) in [6, 6.07) is 14.1. The molecule has 0 spiro atoms. The number of nitrogens with one attached hydrogen (secondary N) is 1. The molecule has 2 aromatic rings. The summed E-state index contributed by atoms with van der Waals surface area (Å²) in [4.78, 5) is 27.2. The van der Waals surface area contributed by atoms with Gasteiger partial charge in [-0.15, -0.1) is 0 Å². The molecule has 1 amide bonds. The van der Waals surface area contributed by atoms with Crippen LogP contribution >= 0.6 is 15.9 Å². The number of pyridine rings is 1. The van der Waals surface area contributed by atoms with Gasteiger partial charge in [-0.05, 0) is 58.3 Å². The summed E-state index contributed by atoms with van der Waals surface area (Å²) in [5, 5.41) is 12.3. The molecule has 0 saturated carbocycles. The van der Waals surface area contributed by atoms with Crippen molar-refractivity contribution >= 4 is 34.2 Å². The van der Waals surface area contributed by atoms with Gasteiger partial charge in [0.25, 0.3) is 5.91 Å². The van der Waals surface area contributed by atoms with Crippen LogP contribution in [0.1, 0.15) is 37.1 Å². The fraction of sp³-hybridized carbons (Fsp3) is 0.238. The first-order chi connectivity index (χ1) is 13.6. The largest absolute Gasteiger partial charge is 0.486 e. The number of aldehydes is 1. The van der Waals surface area contributed by atoms with Crippen molar-refractivity contribution in [3.8, 4) is 11.8 Å². The molecule has 0 fully saturated rings. The van der Waals surface area contributed by atoms with Gasteiger partial charge in [0.15, 0.2) is 6.29 Å². The number of aromatic nitrogens is 1. The summed E-state index contributed by atoms with van der Waals surface area (Å²) in [5.41, 5.74) is 1.40. The van der Waals surface area contributed by atoms with Gasteiger partial charge in [0.1, 0.15) is 28.6 Å². The Labute approximate surface area is 172 Å². The zero-order valence-corrected chi connectivity index (χ0v) is 17.0. The molecule has 0 radical (unpaired) electrons. The topological polar surface area (TPSA) is 92.1 Å². The van der Waals surface area contributed by atoms with E-state index in [9.17, 15) is 14.9 Å². The fourth-order valence-corrected chi connectivity index (χ4v) is 2.93. The van der Waals surface area contributed by atoms with Crippen molar-refractivity contribution in [2.24, 2.45) is 0 Å². The molecule has 0 aliphatic heterocycles. The van der Waals surface area contributed by atoms with E-state index in [-0.39, 0.29) is 18.2 Å². The molecule has 1 N–H and O–H groups in total. The Balaban J connectivity index is 2.16. The minimum atomic E-state index is -0.455. The highest BCUT2D eigenvalue weighted by Gasteiger charge is 2.17. The van der Waals surface area contributed by atoms with Crippen molar-refractivity contribution in [1.82, 2.24) is 10.3 Å². The second-order valence-electron chi connectivity index (χ2n) is 5.92. The molecule has 0 saturated heterocycles. The Morgan fingerprint density at radius 1 is 1.32 bits per heavy atom. The van der Waals surface area contributed by atoms with E-state index in [1.165, 1.54) is 6.08 Å². The van der Waals surface area contributed by atoms with Gasteiger partial charge >= 0.3 is 0 Å². The predicted octanol–water partition coefficient (Wildman–Crippen LogP) is 3.99. The SMILES string of the molecule is CCCC(NC(=O)/C(C#N)=C/c1cccc(Br)n1)c1ccc(OCC=O)cc1. The molecule has 0 aliphatic rings. The molecule has 1 atom stereocenters. The van der Waals surface area contributed by atoms with Gasteiger partial charge in [-0.3, -0.25) is 9.59 Å². The van der Waals surface area contributed by atoms with Gasteiger partial charge < -0.3 is 10.1 Å². The number of amides is 1. The number of rotatable bonds is 9. The second-order valence-corrected chi connectivity index (χ2v) is 6.73. The van der Waals surface area contributed by atoms with Crippen LogP contribution < -0.4 is 10.1 Å². The van der Waals surface area contributed by atoms with Crippen LogP contribution in [0, 0.1) is 11.3 Å². The van der Waals surface area contributed by atoms with E-state index in [0.717, 1.165) is 12.0 Å². The second kappa shape index (κ2) is 11.0. The number of hydrogen-bond acceptors (Lipinski definition) is 5. The van der Waals surface area contributed by atoms with E-state index in [1.807, 2.05) is 25.1 Å². The number of nitriles is 1. The van der Waals surface area contributed by atoms with Gasteiger partial charge in [0.2, 0.25) is 0 Å². The maximum absolute atomic E-state index is 12.6.